The van der Waals surface area contributed by atoms with Crippen molar-refractivity contribution in [3.05, 3.63) is 36.1 Å². The maximum absolute atomic E-state index is 13.4. The lowest BCUT2D eigenvalue weighted by Crippen LogP contribution is -2.51. The van der Waals surface area contributed by atoms with Gasteiger partial charge in [0.25, 0.3) is 5.91 Å². The van der Waals surface area contributed by atoms with E-state index in [0.717, 1.165) is 37.1 Å². The van der Waals surface area contributed by atoms with Gasteiger partial charge in [-0.15, -0.1) is 0 Å². The van der Waals surface area contributed by atoms with Crippen molar-refractivity contribution in [1.82, 2.24) is 9.88 Å². The monoisotopic (exact) mass is 329 g/mol. The summed E-state index contributed by atoms with van der Waals surface area (Å²) in [6.07, 6.45) is 1.54. The molecule has 0 bridgehead atoms. The maximum atomic E-state index is 13.4. The van der Waals surface area contributed by atoms with E-state index >= 15 is 0 Å². The van der Waals surface area contributed by atoms with Gasteiger partial charge in [0.1, 0.15) is 17.7 Å². The topological polar surface area (TPSA) is 45.7 Å². The average Bonchev–Trinajstić information content (AvgIpc) is 3.15. The molecule has 0 radical (unpaired) electrons. The summed E-state index contributed by atoms with van der Waals surface area (Å²) in [7, 11) is 0. The van der Waals surface area contributed by atoms with E-state index in [1.165, 1.54) is 12.1 Å². The zero-order valence-electron chi connectivity index (χ0n) is 13.4. The number of carbonyl (C=O) groups excluding carboxylic acids is 1. The van der Waals surface area contributed by atoms with Gasteiger partial charge >= 0.3 is 0 Å². The van der Waals surface area contributed by atoms with Crippen molar-refractivity contribution in [1.29, 1.82) is 0 Å². The number of fused-ring (bicyclic) bond motifs is 1. The van der Waals surface area contributed by atoms with Gasteiger partial charge in [0.15, 0.2) is 0 Å². The molecule has 0 spiro atoms. The number of hydrogen-bond donors (Lipinski definition) is 0. The molecule has 2 aliphatic heterocycles. The van der Waals surface area contributed by atoms with Gasteiger partial charge in [0.05, 0.1) is 5.52 Å². The van der Waals surface area contributed by atoms with Crippen molar-refractivity contribution in [3.8, 4) is 0 Å². The van der Waals surface area contributed by atoms with Gasteiger partial charge in [-0.3, -0.25) is 4.79 Å². The Bertz CT molecular complexity index is 753. The second kappa shape index (κ2) is 6.36. The van der Waals surface area contributed by atoms with Crippen LogP contribution in [0.2, 0.25) is 0 Å². The van der Waals surface area contributed by atoms with Crippen LogP contribution in [0.4, 0.5) is 10.2 Å². The van der Waals surface area contributed by atoms with Gasteiger partial charge < -0.3 is 14.5 Å². The molecule has 0 saturated carbocycles. The molecule has 2 aromatic rings. The second-order valence-corrected chi connectivity index (χ2v) is 6.32. The number of ether oxygens (including phenoxy) is 1. The van der Waals surface area contributed by atoms with Gasteiger partial charge in [-0.1, -0.05) is 0 Å². The van der Waals surface area contributed by atoms with Crippen molar-refractivity contribution < 1.29 is 13.9 Å². The van der Waals surface area contributed by atoms with Crippen molar-refractivity contribution in [2.75, 3.05) is 37.7 Å². The molecular formula is C18H20FN3O2. The zero-order valence-corrected chi connectivity index (χ0v) is 13.4. The summed E-state index contributed by atoms with van der Waals surface area (Å²) in [4.78, 5) is 21.0. The fraction of sp³-hybridized carbons (Fsp3) is 0.444. The number of hydrogen-bond acceptors (Lipinski definition) is 4. The molecule has 0 unspecified atom stereocenters. The Labute approximate surface area is 140 Å². The van der Waals surface area contributed by atoms with Crippen molar-refractivity contribution >= 4 is 22.6 Å². The molecule has 126 valence electrons. The molecular weight excluding hydrogens is 309 g/mol. The molecule has 24 heavy (non-hydrogen) atoms. The minimum Gasteiger partial charge on any atom is -0.368 e. The van der Waals surface area contributed by atoms with Gasteiger partial charge in [-0.2, -0.15) is 0 Å². The van der Waals surface area contributed by atoms with Crippen molar-refractivity contribution in [2.45, 2.75) is 18.9 Å². The van der Waals surface area contributed by atoms with Crippen LogP contribution in [0.1, 0.15) is 12.8 Å². The van der Waals surface area contributed by atoms with Crippen molar-refractivity contribution in [2.24, 2.45) is 0 Å². The number of rotatable bonds is 2. The Morgan fingerprint density at radius 1 is 1.17 bits per heavy atom. The van der Waals surface area contributed by atoms with E-state index in [-0.39, 0.29) is 17.8 Å². The molecule has 3 heterocycles. The lowest BCUT2D eigenvalue weighted by Gasteiger charge is -2.36. The second-order valence-electron chi connectivity index (χ2n) is 6.32. The van der Waals surface area contributed by atoms with Crippen LogP contribution in [0.15, 0.2) is 30.3 Å². The fourth-order valence-electron chi connectivity index (χ4n) is 3.39. The SMILES string of the molecule is O=C([C@@H]1CCCO1)N1CCN(c2ccc3ccc(F)cc3n2)CC1. The number of nitrogens with zero attached hydrogens (tertiary/aromatic N) is 3. The molecule has 2 aliphatic rings. The van der Waals surface area contributed by atoms with E-state index in [1.54, 1.807) is 6.07 Å². The maximum Gasteiger partial charge on any atom is 0.251 e. The summed E-state index contributed by atoms with van der Waals surface area (Å²) >= 11 is 0. The van der Waals surface area contributed by atoms with Crippen LogP contribution in [0.5, 0.6) is 0 Å². The fourth-order valence-corrected chi connectivity index (χ4v) is 3.39. The molecule has 4 rings (SSSR count). The molecule has 2 saturated heterocycles. The first-order valence-corrected chi connectivity index (χ1v) is 8.42. The minimum absolute atomic E-state index is 0.112. The minimum atomic E-state index is -0.279. The van der Waals surface area contributed by atoms with E-state index in [4.69, 9.17) is 4.74 Å². The molecule has 5 nitrogen and oxygen atoms in total. The molecule has 6 heteroatoms. The van der Waals surface area contributed by atoms with Crippen LogP contribution in [0, 0.1) is 5.82 Å². The van der Waals surface area contributed by atoms with E-state index in [0.29, 0.717) is 25.2 Å². The summed E-state index contributed by atoms with van der Waals surface area (Å²) in [5.74, 6) is 0.664. The zero-order chi connectivity index (χ0) is 16.5. The molecule has 2 fully saturated rings. The predicted octanol–water partition coefficient (Wildman–Crippen LogP) is 2.20. The van der Waals surface area contributed by atoms with Crippen molar-refractivity contribution in [3.63, 3.8) is 0 Å². The lowest BCUT2D eigenvalue weighted by atomic mass is 10.2. The van der Waals surface area contributed by atoms with E-state index in [2.05, 4.69) is 9.88 Å². The third kappa shape index (κ3) is 2.94. The van der Waals surface area contributed by atoms with Crippen LogP contribution in [0.25, 0.3) is 10.9 Å². The Kier molecular flexibility index (Phi) is 4.06. The third-order valence-corrected chi connectivity index (χ3v) is 4.76. The highest BCUT2D eigenvalue weighted by Crippen LogP contribution is 2.21. The number of halogens is 1. The largest absolute Gasteiger partial charge is 0.368 e. The van der Waals surface area contributed by atoms with Crippen LogP contribution >= 0.6 is 0 Å². The highest BCUT2D eigenvalue weighted by Gasteiger charge is 2.30. The van der Waals surface area contributed by atoms with E-state index in [1.807, 2.05) is 17.0 Å². The average molecular weight is 329 g/mol. The highest BCUT2D eigenvalue weighted by molar-refractivity contribution is 5.82. The Hall–Kier alpha value is -2.21. The van der Waals surface area contributed by atoms with Crippen LogP contribution in [-0.2, 0) is 9.53 Å². The Morgan fingerprint density at radius 3 is 2.71 bits per heavy atom. The van der Waals surface area contributed by atoms with Gasteiger partial charge in [0.2, 0.25) is 0 Å². The van der Waals surface area contributed by atoms with Crippen LogP contribution in [-0.4, -0.2) is 54.7 Å². The molecule has 1 aromatic carbocycles. The smallest absolute Gasteiger partial charge is 0.251 e. The van der Waals surface area contributed by atoms with E-state index < -0.39 is 0 Å². The summed E-state index contributed by atoms with van der Waals surface area (Å²) in [5.41, 5.74) is 0.658. The molecule has 0 N–H and O–H groups in total. The Balaban J connectivity index is 1.44. The number of benzene rings is 1. The first-order chi connectivity index (χ1) is 11.7. The van der Waals surface area contributed by atoms with Crippen LogP contribution < -0.4 is 4.90 Å². The van der Waals surface area contributed by atoms with Gasteiger partial charge in [-0.25, -0.2) is 9.37 Å². The standard InChI is InChI=1S/C18H20FN3O2/c19-14-5-3-13-4-6-17(20-15(13)12-14)21-7-9-22(10-8-21)18(23)16-2-1-11-24-16/h3-6,12,16H,1-2,7-11H2/t16-/m0/s1. The molecule has 0 aliphatic carbocycles. The molecule has 1 atom stereocenters. The summed E-state index contributed by atoms with van der Waals surface area (Å²) in [6, 6.07) is 8.55. The number of amides is 1. The normalized spacial score (nSPS) is 21.5. The first-order valence-electron chi connectivity index (χ1n) is 8.42. The third-order valence-electron chi connectivity index (χ3n) is 4.76. The summed E-state index contributed by atoms with van der Waals surface area (Å²) in [5, 5.41) is 0.923. The summed E-state index contributed by atoms with van der Waals surface area (Å²) in [6.45, 7) is 3.48. The molecule has 1 aromatic heterocycles. The van der Waals surface area contributed by atoms with E-state index in [9.17, 15) is 9.18 Å². The first kappa shape index (κ1) is 15.3. The van der Waals surface area contributed by atoms with Crippen LogP contribution in [0.3, 0.4) is 0 Å². The number of anilines is 1. The van der Waals surface area contributed by atoms with Gasteiger partial charge in [0, 0.05) is 44.2 Å². The van der Waals surface area contributed by atoms with Gasteiger partial charge in [-0.05, 0) is 37.1 Å². The summed E-state index contributed by atoms with van der Waals surface area (Å²) < 4.78 is 18.9. The quantitative estimate of drug-likeness (QED) is 0.847. The number of aromatic nitrogens is 1. The Morgan fingerprint density at radius 2 is 1.96 bits per heavy atom. The highest BCUT2D eigenvalue weighted by atomic mass is 19.1. The number of carbonyl (C=O) groups is 1. The number of pyridine rings is 1. The number of piperazine rings is 1. The molecule has 1 amide bonds. The lowest BCUT2D eigenvalue weighted by molar-refractivity contribution is -0.141. The predicted molar refractivity (Wildman–Crippen MR) is 89.5 cm³/mol.